The normalized spacial score (nSPS) is 18.2. The Kier molecular flexibility index (Phi) is 9.55. The van der Waals surface area contributed by atoms with Crippen LogP contribution in [0.4, 0.5) is 4.39 Å². The molecule has 3 heterocycles. The number of aromatic nitrogens is 4. The fourth-order valence-corrected chi connectivity index (χ4v) is 5.88. The molecule has 0 spiro atoms. The van der Waals surface area contributed by atoms with E-state index in [1.54, 1.807) is 89.5 Å². The smallest absolute Gasteiger partial charge is 0.338 e. The molecular formula is C40H33FN4O7. The highest BCUT2D eigenvalue weighted by molar-refractivity contribution is 5.91. The lowest BCUT2D eigenvalue weighted by molar-refractivity contribution is -0.0606. The van der Waals surface area contributed by atoms with Crippen LogP contribution in [-0.4, -0.2) is 62.3 Å². The minimum Gasteiger partial charge on any atom is -0.459 e. The fraction of sp³-hybridized carbons (Fsp3) is 0.200. The number of ether oxygens (including phenoxy) is 4. The second kappa shape index (κ2) is 14.5. The Morgan fingerprint density at radius 3 is 1.75 bits per heavy atom. The van der Waals surface area contributed by atoms with E-state index >= 15 is 0 Å². The molecule has 2 aromatic heterocycles. The maximum absolute atomic E-state index is 13.8. The van der Waals surface area contributed by atoms with E-state index in [0.717, 1.165) is 16.7 Å². The molecule has 0 amide bonds. The van der Waals surface area contributed by atoms with Gasteiger partial charge in [-0.05, 0) is 81.4 Å². The summed E-state index contributed by atoms with van der Waals surface area (Å²) >= 11 is 0. The molecule has 262 valence electrons. The van der Waals surface area contributed by atoms with Crippen LogP contribution in [0, 0.1) is 26.6 Å². The first-order chi connectivity index (χ1) is 25.1. The average Bonchev–Trinajstić information content (AvgIpc) is 3.72. The molecule has 1 fully saturated rings. The number of carbonyl (C=O) groups excluding carboxylic acids is 3. The lowest BCUT2D eigenvalue weighted by Gasteiger charge is -2.25. The maximum Gasteiger partial charge on any atom is 0.338 e. The summed E-state index contributed by atoms with van der Waals surface area (Å²) in [5.41, 5.74) is 5.40. The van der Waals surface area contributed by atoms with Gasteiger partial charge in [0.1, 0.15) is 36.1 Å². The standard InChI is InChI=1S/C40H33FN4O7/c1-23-4-10-27(11-5-23)38(46)49-20-31-34(51-39(47)28-12-6-24(2)7-13-28)35(52-40(48)29-14-8-25(3)9-15-29)37(50-31)45-22-44-33-32(42-21-43-36(33)45)26-16-18-30(41)19-17-26/h4-19,21-22,31,34-35,37H,20H2,1-3H3/t31-,34?,35?,37-/m1/s1. The first-order valence-electron chi connectivity index (χ1n) is 16.5. The van der Waals surface area contributed by atoms with E-state index < -0.39 is 48.3 Å². The van der Waals surface area contributed by atoms with Gasteiger partial charge in [-0.2, -0.15) is 0 Å². The Bertz CT molecular complexity index is 2240. The number of nitrogens with zero attached hydrogens (tertiary/aromatic N) is 4. The number of imidazole rings is 1. The monoisotopic (exact) mass is 700 g/mol. The average molecular weight is 701 g/mol. The summed E-state index contributed by atoms with van der Waals surface area (Å²) in [5, 5.41) is 0. The van der Waals surface area contributed by atoms with Crippen molar-refractivity contribution in [2.45, 2.75) is 45.3 Å². The Hall–Kier alpha value is -6.27. The van der Waals surface area contributed by atoms with Crippen LogP contribution in [0.15, 0.2) is 110 Å². The molecule has 1 aliphatic heterocycles. The van der Waals surface area contributed by atoms with Crippen LogP contribution in [0.1, 0.15) is 54.0 Å². The highest BCUT2D eigenvalue weighted by Crippen LogP contribution is 2.38. The minimum atomic E-state index is -1.27. The topological polar surface area (TPSA) is 132 Å². The molecule has 0 saturated carbocycles. The van der Waals surface area contributed by atoms with Crippen molar-refractivity contribution < 1.29 is 37.7 Å². The number of benzene rings is 4. The maximum atomic E-state index is 13.8. The van der Waals surface area contributed by atoms with E-state index in [-0.39, 0.29) is 17.7 Å². The van der Waals surface area contributed by atoms with Crippen LogP contribution >= 0.6 is 0 Å². The van der Waals surface area contributed by atoms with Crippen LogP contribution in [-0.2, 0) is 18.9 Å². The molecule has 0 bridgehead atoms. The molecule has 1 aliphatic rings. The Balaban J connectivity index is 1.28. The van der Waals surface area contributed by atoms with E-state index in [1.165, 1.54) is 24.8 Å². The Morgan fingerprint density at radius 1 is 0.673 bits per heavy atom. The van der Waals surface area contributed by atoms with Gasteiger partial charge in [0.25, 0.3) is 0 Å². The van der Waals surface area contributed by atoms with Crippen LogP contribution in [0.3, 0.4) is 0 Å². The zero-order chi connectivity index (χ0) is 36.4. The van der Waals surface area contributed by atoms with Crippen molar-refractivity contribution in [3.63, 3.8) is 0 Å². The predicted octanol–water partition coefficient (Wildman–Crippen LogP) is 6.76. The molecule has 0 radical (unpaired) electrons. The number of halogens is 1. The molecule has 4 aromatic carbocycles. The van der Waals surface area contributed by atoms with E-state index in [1.807, 2.05) is 20.8 Å². The molecule has 11 nitrogen and oxygen atoms in total. The van der Waals surface area contributed by atoms with Crippen molar-refractivity contribution in [3.8, 4) is 11.3 Å². The molecule has 7 rings (SSSR count). The van der Waals surface area contributed by atoms with E-state index in [4.69, 9.17) is 18.9 Å². The summed E-state index contributed by atoms with van der Waals surface area (Å²) in [6, 6.07) is 26.3. The fourth-order valence-electron chi connectivity index (χ4n) is 5.88. The Labute approximate surface area is 298 Å². The van der Waals surface area contributed by atoms with Crippen molar-refractivity contribution >= 4 is 29.1 Å². The first kappa shape index (κ1) is 34.2. The van der Waals surface area contributed by atoms with Gasteiger partial charge in [0.05, 0.1) is 23.0 Å². The quantitative estimate of drug-likeness (QED) is 0.118. The van der Waals surface area contributed by atoms with Crippen molar-refractivity contribution in [1.82, 2.24) is 19.5 Å². The molecule has 12 heteroatoms. The van der Waals surface area contributed by atoms with Crippen molar-refractivity contribution in [3.05, 3.63) is 149 Å². The SMILES string of the molecule is Cc1ccc(C(=O)OC[C@H]2O[C@@H](n3cnc4c(-c5ccc(F)cc5)ncnc43)C(OC(=O)c3ccc(C)cc3)C2OC(=O)c2ccc(C)cc2)cc1. The Morgan fingerprint density at radius 2 is 1.19 bits per heavy atom. The number of hydrogen-bond donors (Lipinski definition) is 0. The predicted molar refractivity (Wildman–Crippen MR) is 187 cm³/mol. The zero-order valence-electron chi connectivity index (χ0n) is 28.4. The second-order valence-corrected chi connectivity index (χ2v) is 12.6. The minimum absolute atomic E-state index is 0.262. The second-order valence-electron chi connectivity index (χ2n) is 12.6. The van der Waals surface area contributed by atoms with Crippen molar-refractivity contribution in [2.75, 3.05) is 6.61 Å². The van der Waals surface area contributed by atoms with Gasteiger partial charge in [-0.1, -0.05) is 53.1 Å². The summed E-state index contributed by atoms with van der Waals surface area (Å²) in [5.74, 6) is -2.42. The van der Waals surface area contributed by atoms with Gasteiger partial charge in [0.2, 0.25) is 0 Å². The van der Waals surface area contributed by atoms with Crippen LogP contribution in [0.25, 0.3) is 22.4 Å². The highest BCUT2D eigenvalue weighted by Gasteiger charge is 2.52. The third-order valence-electron chi connectivity index (χ3n) is 8.76. The zero-order valence-corrected chi connectivity index (χ0v) is 28.4. The lowest BCUT2D eigenvalue weighted by atomic mass is 10.1. The van der Waals surface area contributed by atoms with Gasteiger partial charge in [-0.15, -0.1) is 0 Å². The molecule has 52 heavy (non-hydrogen) atoms. The summed E-state index contributed by atoms with van der Waals surface area (Å²) in [6.07, 6.45) is -2.00. The first-order valence-corrected chi connectivity index (χ1v) is 16.5. The lowest BCUT2D eigenvalue weighted by Crippen LogP contribution is -2.41. The molecule has 0 aliphatic carbocycles. The number of rotatable bonds is 9. The van der Waals surface area contributed by atoms with Crippen LogP contribution < -0.4 is 0 Å². The van der Waals surface area contributed by atoms with Crippen LogP contribution in [0.5, 0.6) is 0 Å². The largest absolute Gasteiger partial charge is 0.459 e. The van der Waals surface area contributed by atoms with Gasteiger partial charge in [0, 0.05) is 5.56 Å². The molecule has 2 unspecified atom stereocenters. The molecule has 6 aromatic rings. The van der Waals surface area contributed by atoms with E-state index in [0.29, 0.717) is 28.0 Å². The number of esters is 3. The third-order valence-corrected chi connectivity index (χ3v) is 8.76. The van der Waals surface area contributed by atoms with Gasteiger partial charge in [0.15, 0.2) is 24.1 Å². The van der Waals surface area contributed by atoms with Gasteiger partial charge >= 0.3 is 17.9 Å². The van der Waals surface area contributed by atoms with Gasteiger partial charge in [-0.25, -0.2) is 33.7 Å². The summed E-state index contributed by atoms with van der Waals surface area (Å²) in [7, 11) is 0. The van der Waals surface area contributed by atoms with Crippen molar-refractivity contribution in [1.29, 1.82) is 0 Å². The molecule has 4 atom stereocenters. The number of aryl methyl sites for hydroxylation is 3. The highest BCUT2D eigenvalue weighted by atomic mass is 19.1. The summed E-state index contributed by atoms with van der Waals surface area (Å²) in [6.45, 7) is 5.34. The molecular weight excluding hydrogens is 667 g/mol. The number of carbonyl (C=O) groups is 3. The third kappa shape index (κ3) is 7.14. The van der Waals surface area contributed by atoms with Crippen LogP contribution in [0.2, 0.25) is 0 Å². The van der Waals surface area contributed by atoms with Crippen molar-refractivity contribution in [2.24, 2.45) is 0 Å². The van der Waals surface area contributed by atoms with Gasteiger partial charge < -0.3 is 18.9 Å². The molecule has 0 N–H and O–H groups in total. The van der Waals surface area contributed by atoms with E-state index in [9.17, 15) is 18.8 Å². The number of hydrogen-bond acceptors (Lipinski definition) is 10. The number of fused-ring (bicyclic) bond motifs is 1. The van der Waals surface area contributed by atoms with E-state index in [2.05, 4.69) is 15.0 Å². The summed E-state index contributed by atoms with van der Waals surface area (Å²) in [4.78, 5) is 53.9. The molecule has 1 saturated heterocycles. The van der Waals surface area contributed by atoms with Gasteiger partial charge in [-0.3, -0.25) is 4.57 Å². The summed E-state index contributed by atoms with van der Waals surface area (Å²) < 4.78 is 39.7.